The number of nitrogens with one attached hydrogen (secondary N) is 1. The van der Waals surface area contributed by atoms with E-state index in [1.165, 1.54) is 12.8 Å². The van der Waals surface area contributed by atoms with Crippen LogP contribution in [0.25, 0.3) is 22.2 Å². The number of anilines is 1. The molecule has 3 aromatic rings. The highest BCUT2D eigenvalue weighted by molar-refractivity contribution is 5.94. The quantitative estimate of drug-likeness (QED) is 0.763. The minimum atomic E-state index is 0.141. The molecule has 27 heavy (non-hydrogen) atoms. The number of rotatable bonds is 4. The van der Waals surface area contributed by atoms with E-state index in [4.69, 9.17) is 9.47 Å². The average molecular weight is 364 g/mol. The van der Waals surface area contributed by atoms with Gasteiger partial charge in [-0.1, -0.05) is 0 Å². The molecule has 2 aliphatic rings. The summed E-state index contributed by atoms with van der Waals surface area (Å²) in [6.45, 7) is 5.66. The van der Waals surface area contributed by atoms with Gasteiger partial charge in [-0.05, 0) is 57.0 Å². The fourth-order valence-electron chi connectivity index (χ4n) is 4.27. The second-order valence-corrected chi connectivity index (χ2v) is 7.68. The summed E-state index contributed by atoms with van der Waals surface area (Å²) in [5, 5.41) is 8.78. The Morgan fingerprint density at radius 1 is 1.15 bits per heavy atom. The van der Waals surface area contributed by atoms with Crippen LogP contribution < -0.4 is 9.64 Å². The number of nitrogens with zero attached hydrogens (tertiary/aromatic N) is 3. The van der Waals surface area contributed by atoms with Crippen LogP contribution in [0.2, 0.25) is 0 Å². The van der Waals surface area contributed by atoms with Crippen LogP contribution in [0.3, 0.4) is 0 Å². The molecule has 4 heterocycles. The number of aromatic nitrogens is 3. The number of hydrogen-bond acceptors (Lipinski definition) is 5. The second kappa shape index (κ2) is 6.53. The van der Waals surface area contributed by atoms with Gasteiger partial charge in [-0.2, -0.15) is 5.10 Å². The molecule has 2 fully saturated rings. The Morgan fingerprint density at radius 2 is 1.96 bits per heavy atom. The third kappa shape index (κ3) is 2.94. The van der Waals surface area contributed by atoms with Crippen LogP contribution >= 0.6 is 0 Å². The largest absolute Gasteiger partial charge is 0.491 e. The van der Waals surface area contributed by atoms with E-state index in [0.717, 1.165) is 46.9 Å². The van der Waals surface area contributed by atoms with E-state index in [9.17, 15) is 0 Å². The highest BCUT2D eigenvalue weighted by Gasteiger charge is 2.38. The van der Waals surface area contributed by atoms with E-state index in [2.05, 4.69) is 32.2 Å². The van der Waals surface area contributed by atoms with Crippen molar-refractivity contribution in [1.82, 2.24) is 15.2 Å². The van der Waals surface area contributed by atoms with Crippen LogP contribution in [0.5, 0.6) is 5.75 Å². The van der Waals surface area contributed by atoms with Gasteiger partial charge in [0.2, 0.25) is 0 Å². The highest BCUT2D eigenvalue weighted by Crippen LogP contribution is 2.35. The number of hydrogen-bond donors (Lipinski definition) is 1. The first kappa shape index (κ1) is 16.6. The molecule has 2 saturated heterocycles. The minimum Gasteiger partial charge on any atom is -0.491 e. The van der Waals surface area contributed by atoms with Crippen molar-refractivity contribution in [3.8, 4) is 17.0 Å². The van der Waals surface area contributed by atoms with Crippen molar-refractivity contribution < 1.29 is 9.47 Å². The SMILES string of the molecule is CC(C)Oc1ccc2[nH]nc(-c3ccnc(N4C5CCC4COC5)c3)c2c1. The predicted octanol–water partition coefficient (Wildman–Crippen LogP) is 3.78. The maximum atomic E-state index is 5.86. The van der Waals surface area contributed by atoms with Gasteiger partial charge in [0, 0.05) is 17.1 Å². The third-order valence-corrected chi connectivity index (χ3v) is 5.43. The summed E-state index contributed by atoms with van der Waals surface area (Å²) in [5.41, 5.74) is 3.01. The fourth-order valence-corrected chi connectivity index (χ4v) is 4.27. The van der Waals surface area contributed by atoms with E-state index in [-0.39, 0.29) is 6.10 Å². The van der Waals surface area contributed by atoms with E-state index in [1.807, 2.05) is 38.2 Å². The minimum absolute atomic E-state index is 0.141. The molecule has 0 aliphatic carbocycles. The highest BCUT2D eigenvalue weighted by atomic mass is 16.5. The zero-order chi connectivity index (χ0) is 18.4. The summed E-state index contributed by atoms with van der Waals surface area (Å²) in [7, 11) is 0. The van der Waals surface area contributed by atoms with Crippen molar-refractivity contribution in [2.24, 2.45) is 0 Å². The summed E-state index contributed by atoms with van der Waals surface area (Å²) in [5.74, 6) is 1.88. The molecular weight excluding hydrogens is 340 g/mol. The Morgan fingerprint density at radius 3 is 2.74 bits per heavy atom. The standard InChI is InChI=1S/C21H24N4O2/c1-13(2)27-17-5-6-19-18(10-17)21(24-23-19)14-7-8-22-20(9-14)25-15-3-4-16(25)12-26-11-15/h5-10,13,15-16H,3-4,11-12H2,1-2H3,(H,23,24). The molecule has 0 radical (unpaired) electrons. The maximum absolute atomic E-state index is 5.86. The van der Waals surface area contributed by atoms with Crippen LogP contribution in [0.4, 0.5) is 5.82 Å². The van der Waals surface area contributed by atoms with Crippen LogP contribution in [-0.4, -0.2) is 46.6 Å². The molecule has 0 spiro atoms. The summed E-state index contributed by atoms with van der Waals surface area (Å²) < 4.78 is 11.6. The van der Waals surface area contributed by atoms with E-state index in [0.29, 0.717) is 12.1 Å². The first-order chi connectivity index (χ1) is 13.2. The molecule has 6 nitrogen and oxygen atoms in total. The fraction of sp³-hybridized carbons (Fsp3) is 0.429. The molecule has 5 rings (SSSR count). The summed E-state index contributed by atoms with van der Waals surface area (Å²) in [4.78, 5) is 7.10. The Balaban J connectivity index is 1.53. The van der Waals surface area contributed by atoms with Crippen molar-refractivity contribution in [3.63, 3.8) is 0 Å². The number of benzene rings is 1. The average Bonchev–Trinajstić information content (AvgIpc) is 3.19. The molecule has 2 aromatic heterocycles. The molecule has 1 aromatic carbocycles. The van der Waals surface area contributed by atoms with Crippen LogP contribution in [0.1, 0.15) is 26.7 Å². The number of morpholine rings is 1. The van der Waals surface area contributed by atoms with Gasteiger partial charge in [0.1, 0.15) is 17.3 Å². The van der Waals surface area contributed by atoms with Gasteiger partial charge >= 0.3 is 0 Å². The molecule has 2 unspecified atom stereocenters. The lowest BCUT2D eigenvalue weighted by atomic mass is 10.1. The number of fused-ring (bicyclic) bond motifs is 3. The Labute approximate surface area is 158 Å². The monoisotopic (exact) mass is 364 g/mol. The topological polar surface area (TPSA) is 63.3 Å². The number of H-pyrrole nitrogens is 1. The molecule has 1 N–H and O–H groups in total. The molecule has 140 valence electrons. The van der Waals surface area contributed by atoms with Gasteiger partial charge < -0.3 is 14.4 Å². The summed E-state index contributed by atoms with van der Waals surface area (Å²) in [6.07, 6.45) is 4.38. The normalized spacial score (nSPS) is 22.0. The predicted molar refractivity (Wildman–Crippen MR) is 105 cm³/mol. The van der Waals surface area contributed by atoms with Crippen molar-refractivity contribution >= 4 is 16.7 Å². The van der Waals surface area contributed by atoms with Crippen molar-refractivity contribution in [2.45, 2.75) is 44.9 Å². The Bertz CT molecular complexity index is 952. The van der Waals surface area contributed by atoms with Gasteiger partial charge in [0.05, 0.1) is 36.9 Å². The van der Waals surface area contributed by atoms with Crippen LogP contribution in [0, 0.1) is 0 Å². The van der Waals surface area contributed by atoms with E-state index in [1.54, 1.807) is 0 Å². The number of pyridine rings is 1. The zero-order valence-corrected chi connectivity index (χ0v) is 15.7. The Kier molecular flexibility index (Phi) is 4.01. The first-order valence-corrected chi connectivity index (χ1v) is 9.66. The number of aromatic amines is 1. The van der Waals surface area contributed by atoms with Crippen LogP contribution in [-0.2, 0) is 4.74 Å². The lowest BCUT2D eigenvalue weighted by Gasteiger charge is -2.35. The summed E-state index contributed by atoms with van der Waals surface area (Å²) in [6, 6.07) is 11.1. The van der Waals surface area contributed by atoms with Crippen molar-refractivity contribution in [1.29, 1.82) is 0 Å². The van der Waals surface area contributed by atoms with Crippen molar-refractivity contribution in [3.05, 3.63) is 36.5 Å². The zero-order valence-electron chi connectivity index (χ0n) is 15.7. The molecule has 6 heteroatoms. The second-order valence-electron chi connectivity index (χ2n) is 7.68. The summed E-state index contributed by atoms with van der Waals surface area (Å²) >= 11 is 0. The first-order valence-electron chi connectivity index (χ1n) is 9.66. The lowest BCUT2D eigenvalue weighted by molar-refractivity contribution is 0.0902. The molecule has 0 amide bonds. The van der Waals surface area contributed by atoms with E-state index < -0.39 is 0 Å². The van der Waals surface area contributed by atoms with Crippen molar-refractivity contribution in [2.75, 3.05) is 18.1 Å². The van der Waals surface area contributed by atoms with Gasteiger partial charge in [-0.3, -0.25) is 5.10 Å². The lowest BCUT2D eigenvalue weighted by Crippen LogP contribution is -2.46. The molecule has 2 bridgehead atoms. The Hall–Kier alpha value is -2.60. The van der Waals surface area contributed by atoms with Gasteiger partial charge in [-0.15, -0.1) is 0 Å². The smallest absolute Gasteiger partial charge is 0.129 e. The van der Waals surface area contributed by atoms with E-state index >= 15 is 0 Å². The maximum Gasteiger partial charge on any atom is 0.129 e. The van der Waals surface area contributed by atoms with Gasteiger partial charge in [0.15, 0.2) is 0 Å². The number of ether oxygens (including phenoxy) is 2. The molecular formula is C21H24N4O2. The van der Waals surface area contributed by atoms with Crippen LogP contribution in [0.15, 0.2) is 36.5 Å². The van der Waals surface area contributed by atoms with Gasteiger partial charge in [-0.25, -0.2) is 4.98 Å². The molecule has 2 atom stereocenters. The molecule has 0 saturated carbocycles. The third-order valence-electron chi connectivity index (χ3n) is 5.43. The molecule has 2 aliphatic heterocycles. The van der Waals surface area contributed by atoms with Gasteiger partial charge in [0.25, 0.3) is 0 Å².